The second-order valence-electron chi connectivity index (χ2n) is 16.0. The molecule has 19 heteroatoms. The van der Waals surface area contributed by atoms with Crippen molar-refractivity contribution in [3.8, 4) is 56.8 Å². The van der Waals surface area contributed by atoms with Gasteiger partial charge in [-0.05, 0) is 80.4 Å². The molecule has 1 N–H and O–H groups in total. The van der Waals surface area contributed by atoms with Gasteiger partial charge in [0.2, 0.25) is 15.0 Å². The minimum Gasteiger partial charge on any atom is -0.458 e. The van der Waals surface area contributed by atoms with Gasteiger partial charge in [0.1, 0.15) is 23.5 Å². The molecule has 2 unspecified atom stereocenters. The fourth-order valence-corrected chi connectivity index (χ4v) is 7.78. The van der Waals surface area contributed by atoms with Crippen molar-refractivity contribution < 1.29 is 36.6 Å². The van der Waals surface area contributed by atoms with Crippen molar-refractivity contribution in [1.29, 1.82) is 0 Å². The monoisotopic (exact) mass is 878 g/mol. The zero-order valence-corrected chi connectivity index (χ0v) is 35.2. The highest BCUT2D eigenvalue weighted by atomic mass is 32.2. The van der Waals surface area contributed by atoms with Crippen molar-refractivity contribution in [1.82, 2.24) is 38.7 Å². The molecule has 4 aromatic heterocycles. The number of aliphatic hydroxyl groups is 1. The van der Waals surface area contributed by atoms with Crippen molar-refractivity contribution in [2.45, 2.75) is 64.3 Å². The van der Waals surface area contributed by atoms with Crippen LogP contribution in [0.5, 0.6) is 11.8 Å². The predicted octanol–water partition coefficient (Wildman–Crippen LogP) is 5.37. The summed E-state index contributed by atoms with van der Waals surface area (Å²) in [5.74, 6) is -0.651. The quantitative estimate of drug-likeness (QED) is 0.152. The molecule has 0 radical (unpaired) electrons. The summed E-state index contributed by atoms with van der Waals surface area (Å²) in [5, 5.41) is 9.71. The number of aromatic nitrogens is 8. The van der Waals surface area contributed by atoms with E-state index in [-0.39, 0.29) is 65.5 Å². The Labute approximate surface area is 358 Å². The Morgan fingerprint density at radius 2 is 1.19 bits per heavy atom. The van der Waals surface area contributed by atoms with Gasteiger partial charge in [0, 0.05) is 18.6 Å². The van der Waals surface area contributed by atoms with Crippen LogP contribution in [-0.4, -0.2) is 76.6 Å². The molecule has 0 saturated carbocycles. The zero-order valence-electron chi connectivity index (χ0n) is 34.3. The van der Waals surface area contributed by atoms with Gasteiger partial charge in [-0.15, -0.1) is 0 Å². The Morgan fingerprint density at radius 1 is 0.698 bits per heavy atom. The average Bonchev–Trinajstić information content (AvgIpc) is 3.98. The van der Waals surface area contributed by atoms with Gasteiger partial charge in [-0.1, -0.05) is 42.5 Å². The first-order valence-corrected chi connectivity index (χ1v) is 21.5. The topological polar surface area (TPSA) is 195 Å². The first-order valence-electron chi connectivity index (χ1n) is 19.6. The lowest BCUT2D eigenvalue weighted by molar-refractivity contribution is -0.158. The predicted molar refractivity (Wildman–Crippen MR) is 225 cm³/mol. The molecule has 324 valence electrons. The van der Waals surface area contributed by atoms with Crippen molar-refractivity contribution in [3.05, 3.63) is 136 Å². The van der Waals surface area contributed by atoms with Crippen molar-refractivity contribution >= 4 is 15.8 Å². The number of rotatable bonds is 8. The summed E-state index contributed by atoms with van der Waals surface area (Å²) >= 11 is 0. The van der Waals surface area contributed by atoms with Crippen LogP contribution in [0.3, 0.4) is 0 Å². The number of para-hydroxylation sites is 1. The third kappa shape index (κ3) is 8.69. The molecule has 16 nitrogen and oxygen atoms in total. The van der Waals surface area contributed by atoms with Crippen LogP contribution in [0.25, 0.3) is 45.0 Å². The van der Waals surface area contributed by atoms with Gasteiger partial charge in [-0.2, -0.15) is 4.98 Å². The van der Waals surface area contributed by atoms with E-state index in [2.05, 4.69) is 19.9 Å². The van der Waals surface area contributed by atoms with E-state index < -0.39 is 39.2 Å². The first kappa shape index (κ1) is 42.6. The van der Waals surface area contributed by atoms with Crippen LogP contribution in [0.1, 0.15) is 20.8 Å². The Bertz CT molecular complexity index is 3090. The Kier molecular flexibility index (Phi) is 11.2. The van der Waals surface area contributed by atoms with Crippen molar-refractivity contribution in [3.63, 3.8) is 0 Å². The van der Waals surface area contributed by atoms with E-state index in [1.807, 2.05) is 18.2 Å². The number of hydrogen-bond acceptors (Lipinski definition) is 12. The number of halogens is 2. The number of sulfone groups is 1. The zero-order chi connectivity index (χ0) is 44.8. The van der Waals surface area contributed by atoms with Crippen LogP contribution in [0.15, 0.2) is 118 Å². The first-order chi connectivity index (χ1) is 30.0. The smallest absolute Gasteiger partial charge is 0.322 e. The van der Waals surface area contributed by atoms with Gasteiger partial charge in [-0.25, -0.2) is 41.5 Å². The second-order valence-corrected chi connectivity index (χ2v) is 17.9. The normalized spacial score (nSPS) is 15.6. The number of ether oxygens (including phenoxy) is 2. The lowest BCUT2D eigenvalue weighted by Crippen LogP contribution is -2.30. The SMILES string of the molecule is CC(C)(C)C(=O)OC1Cn2c(-c3ccnc(S(C)(=O)=O)n3)c(-c3ccc(F)cc3)c(=O)n2C1.O=c1c(-c2ccc(F)cc2)c(-c2ccnc(Oc3ccccc3)n2)n2n1CC(O)C2. The van der Waals surface area contributed by atoms with E-state index in [4.69, 9.17) is 9.47 Å². The van der Waals surface area contributed by atoms with Crippen LogP contribution in [0, 0.1) is 17.0 Å². The van der Waals surface area contributed by atoms with E-state index in [0.29, 0.717) is 39.5 Å². The van der Waals surface area contributed by atoms with Gasteiger partial charge in [0.25, 0.3) is 11.1 Å². The molecule has 3 aromatic carbocycles. The number of nitrogens with zero attached hydrogens (tertiary/aromatic N) is 8. The molecule has 2 aliphatic rings. The van der Waals surface area contributed by atoms with E-state index in [9.17, 15) is 36.7 Å². The number of carbonyl (C=O) groups excluding carboxylic acids is 1. The van der Waals surface area contributed by atoms with Gasteiger partial charge >= 0.3 is 12.0 Å². The minimum atomic E-state index is -3.70. The molecular formula is C44H40F2N8O8S. The molecule has 2 aliphatic heterocycles. The fraction of sp³-hybridized carbons (Fsp3) is 0.250. The Morgan fingerprint density at radius 3 is 1.75 bits per heavy atom. The number of carbonyl (C=O) groups is 1. The van der Waals surface area contributed by atoms with Crippen molar-refractivity contribution in [2.75, 3.05) is 6.26 Å². The van der Waals surface area contributed by atoms with Crippen LogP contribution >= 0.6 is 0 Å². The summed E-state index contributed by atoms with van der Waals surface area (Å²) in [6.07, 6.45) is 2.59. The summed E-state index contributed by atoms with van der Waals surface area (Å²) in [6, 6.07) is 23.6. The number of fused-ring (bicyclic) bond motifs is 2. The minimum absolute atomic E-state index is 0.124. The van der Waals surface area contributed by atoms with E-state index in [1.54, 1.807) is 66.7 Å². The third-order valence-corrected chi connectivity index (χ3v) is 11.0. The van der Waals surface area contributed by atoms with Crippen LogP contribution < -0.4 is 15.9 Å². The van der Waals surface area contributed by atoms with Gasteiger partial charge in [-0.3, -0.25) is 23.7 Å². The molecule has 2 atom stereocenters. The van der Waals surface area contributed by atoms with Crippen LogP contribution in [-0.2, 0) is 45.5 Å². The Balaban J connectivity index is 0.000000173. The average molecular weight is 879 g/mol. The number of benzene rings is 3. The summed E-state index contributed by atoms with van der Waals surface area (Å²) in [6.45, 7) is 5.95. The molecular weight excluding hydrogens is 839 g/mol. The highest BCUT2D eigenvalue weighted by Crippen LogP contribution is 2.34. The fourth-order valence-electron chi connectivity index (χ4n) is 7.27. The van der Waals surface area contributed by atoms with Crippen LogP contribution in [0.4, 0.5) is 8.78 Å². The van der Waals surface area contributed by atoms with Crippen LogP contribution in [0.2, 0.25) is 0 Å². The summed E-state index contributed by atoms with van der Waals surface area (Å²) in [4.78, 5) is 55.5. The number of hydrogen-bond donors (Lipinski definition) is 1. The molecule has 0 spiro atoms. The summed E-state index contributed by atoms with van der Waals surface area (Å²) in [7, 11) is -3.70. The van der Waals surface area contributed by atoms with Gasteiger partial charge in [0.15, 0.2) is 0 Å². The van der Waals surface area contributed by atoms with Gasteiger partial charge in [0.05, 0.1) is 71.6 Å². The maximum Gasteiger partial charge on any atom is 0.322 e. The summed E-state index contributed by atoms with van der Waals surface area (Å²) in [5.41, 5.74) is 1.86. The maximum absolute atomic E-state index is 13.5. The van der Waals surface area contributed by atoms with E-state index in [1.165, 1.54) is 58.0 Å². The number of aliphatic hydroxyl groups excluding tert-OH is 1. The Hall–Kier alpha value is -7.12. The third-order valence-electron chi connectivity index (χ3n) is 10.2. The molecule has 0 saturated heterocycles. The maximum atomic E-state index is 13.5. The highest BCUT2D eigenvalue weighted by Gasteiger charge is 2.35. The van der Waals surface area contributed by atoms with E-state index >= 15 is 0 Å². The largest absolute Gasteiger partial charge is 0.458 e. The molecule has 6 heterocycles. The van der Waals surface area contributed by atoms with E-state index in [0.717, 1.165) is 6.26 Å². The standard InChI is InChI=1S/C22H23FN4O5S.C22H17FN4O3/c1-22(2,3)20(29)32-15-11-26-18(16-9-10-24-21(25-16)33(4,30)31)17(19(28)27(26)12-15)13-5-7-14(23)8-6-13;23-15-8-6-14(7-9-15)19-20(26-12-16(28)13-27(26)21(19)29)18-10-11-24-22(25-18)30-17-4-2-1-3-5-17/h5-10,15H,11-12H2,1-4H3;1-11,16,28H,12-13H2. The number of esters is 1. The lowest BCUT2D eigenvalue weighted by atomic mass is 9.97. The van der Waals surface area contributed by atoms with Gasteiger partial charge < -0.3 is 14.6 Å². The molecule has 0 fully saturated rings. The van der Waals surface area contributed by atoms with Crippen molar-refractivity contribution in [2.24, 2.45) is 5.41 Å². The lowest BCUT2D eigenvalue weighted by Gasteiger charge is -2.20. The molecule has 0 aliphatic carbocycles. The molecule has 7 aromatic rings. The molecule has 0 amide bonds. The highest BCUT2D eigenvalue weighted by molar-refractivity contribution is 7.90. The second kappa shape index (κ2) is 16.6. The molecule has 0 bridgehead atoms. The summed E-state index contributed by atoms with van der Waals surface area (Å²) < 4.78 is 68.6. The molecule has 63 heavy (non-hydrogen) atoms. The molecule has 9 rings (SSSR count).